The van der Waals surface area contributed by atoms with E-state index in [1.165, 1.54) is 19.3 Å². The molecule has 1 rings (SSSR count). The molecule has 0 radical (unpaired) electrons. The van der Waals surface area contributed by atoms with E-state index in [0.29, 0.717) is 11.3 Å². The Bertz CT molecular complexity index is 507. The maximum Gasteiger partial charge on any atom is 0.340 e. The second kappa shape index (κ2) is 7.08. The van der Waals surface area contributed by atoms with E-state index in [2.05, 4.69) is 4.74 Å². The van der Waals surface area contributed by atoms with Crippen molar-refractivity contribution in [3.8, 4) is 0 Å². The van der Waals surface area contributed by atoms with Gasteiger partial charge in [-0.2, -0.15) is 0 Å². The summed E-state index contributed by atoms with van der Waals surface area (Å²) in [5, 5.41) is 1.28. The Kier molecular flexibility index (Phi) is 5.72. The van der Waals surface area contributed by atoms with Crippen LogP contribution in [-0.2, 0) is 19.1 Å². The smallest absolute Gasteiger partial charge is 0.340 e. The number of anilines is 1. The van der Waals surface area contributed by atoms with Gasteiger partial charge in [-0.15, -0.1) is 0 Å². The van der Waals surface area contributed by atoms with Crippen LogP contribution < -0.4 is 5.06 Å². The highest BCUT2D eigenvalue weighted by atomic mass is 16.7. The van der Waals surface area contributed by atoms with E-state index >= 15 is 0 Å². The predicted octanol–water partition coefficient (Wildman–Crippen LogP) is 2.18. The molecule has 0 aliphatic heterocycles. The molecule has 21 heavy (non-hydrogen) atoms. The van der Waals surface area contributed by atoms with Crippen molar-refractivity contribution in [1.29, 1.82) is 0 Å². The number of benzene rings is 1. The lowest BCUT2D eigenvalue weighted by Gasteiger charge is -2.24. The normalized spacial score (nSPS) is 10.9. The molecule has 0 amide bonds. The van der Waals surface area contributed by atoms with Crippen LogP contribution in [0.3, 0.4) is 0 Å². The lowest BCUT2D eigenvalue weighted by Crippen LogP contribution is -2.32. The minimum absolute atomic E-state index is 0.132. The second-order valence-corrected chi connectivity index (χ2v) is 5.31. The number of esters is 2. The highest BCUT2D eigenvalue weighted by molar-refractivity contribution is 5.96. The number of methoxy groups -OCH3 is 1. The molecule has 0 atom stereocenters. The lowest BCUT2D eigenvalue weighted by atomic mass is 10.1. The van der Waals surface area contributed by atoms with Crippen molar-refractivity contribution in [3.63, 3.8) is 0 Å². The van der Waals surface area contributed by atoms with Crippen LogP contribution in [0.5, 0.6) is 0 Å². The quantitative estimate of drug-likeness (QED) is 0.613. The maximum absolute atomic E-state index is 12.2. The molecule has 0 saturated carbocycles. The number of rotatable bonds is 5. The molecule has 0 aliphatic rings. The van der Waals surface area contributed by atoms with E-state index in [1.807, 2.05) is 0 Å². The first-order chi connectivity index (χ1) is 9.78. The summed E-state index contributed by atoms with van der Waals surface area (Å²) in [6, 6.07) is 6.75. The summed E-state index contributed by atoms with van der Waals surface area (Å²) < 4.78 is 9.96. The Balaban J connectivity index is 3.07. The lowest BCUT2D eigenvalue weighted by molar-refractivity contribution is -0.140. The number of ether oxygens (including phenoxy) is 2. The minimum Gasteiger partial charge on any atom is -0.468 e. The van der Waals surface area contributed by atoms with Crippen molar-refractivity contribution in [2.75, 3.05) is 25.8 Å². The largest absolute Gasteiger partial charge is 0.468 e. The van der Waals surface area contributed by atoms with Crippen molar-refractivity contribution < 1.29 is 23.9 Å². The molecular weight excluding hydrogens is 274 g/mol. The van der Waals surface area contributed by atoms with Crippen LogP contribution in [0.1, 0.15) is 31.1 Å². The summed E-state index contributed by atoms with van der Waals surface area (Å²) in [7, 11) is 2.70. The standard InChI is InChI=1S/C15H21NO5/c1-15(2,3)21-14(18)11-8-6-7-9-12(11)16(20-5)10-13(17)19-4/h6-9H,10H2,1-5H3. The molecule has 0 heterocycles. The van der Waals surface area contributed by atoms with Crippen LogP contribution in [0.2, 0.25) is 0 Å². The Labute approximate surface area is 124 Å². The fraction of sp³-hybridized carbons (Fsp3) is 0.467. The van der Waals surface area contributed by atoms with Gasteiger partial charge in [-0.1, -0.05) is 12.1 Å². The van der Waals surface area contributed by atoms with Gasteiger partial charge in [0.2, 0.25) is 0 Å². The number of hydroxylamine groups is 1. The highest BCUT2D eigenvalue weighted by Crippen LogP contribution is 2.23. The van der Waals surface area contributed by atoms with E-state index in [-0.39, 0.29) is 6.54 Å². The summed E-state index contributed by atoms with van der Waals surface area (Å²) in [5.74, 6) is -0.958. The van der Waals surface area contributed by atoms with Crippen molar-refractivity contribution in [1.82, 2.24) is 0 Å². The summed E-state index contributed by atoms with van der Waals surface area (Å²) in [6.07, 6.45) is 0. The van der Waals surface area contributed by atoms with Gasteiger partial charge in [-0.3, -0.25) is 9.63 Å². The summed E-state index contributed by atoms with van der Waals surface area (Å²) in [4.78, 5) is 28.8. The van der Waals surface area contributed by atoms with E-state index in [0.717, 1.165) is 0 Å². The number of hydrogen-bond acceptors (Lipinski definition) is 6. The molecular formula is C15H21NO5. The molecule has 0 N–H and O–H groups in total. The van der Waals surface area contributed by atoms with Gasteiger partial charge in [0.05, 0.1) is 25.5 Å². The first kappa shape index (κ1) is 17.0. The fourth-order valence-electron chi connectivity index (χ4n) is 1.63. The summed E-state index contributed by atoms with van der Waals surface area (Å²) in [5.41, 5.74) is 0.155. The Morgan fingerprint density at radius 1 is 1.14 bits per heavy atom. The van der Waals surface area contributed by atoms with E-state index < -0.39 is 17.5 Å². The van der Waals surface area contributed by atoms with Crippen molar-refractivity contribution in [2.24, 2.45) is 0 Å². The third-order valence-electron chi connectivity index (χ3n) is 2.51. The Morgan fingerprint density at radius 3 is 2.29 bits per heavy atom. The number of carbonyl (C=O) groups is 2. The number of hydrogen-bond donors (Lipinski definition) is 0. The zero-order chi connectivity index (χ0) is 16.0. The van der Waals surface area contributed by atoms with Gasteiger partial charge in [-0.25, -0.2) is 9.86 Å². The van der Waals surface area contributed by atoms with Crippen LogP contribution in [-0.4, -0.2) is 38.3 Å². The first-order valence-corrected chi connectivity index (χ1v) is 6.49. The van der Waals surface area contributed by atoms with E-state index in [1.54, 1.807) is 45.0 Å². The highest BCUT2D eigenvalue weighted by Gasteiger charge is 2.23. The molecule has 1 aromatic rings. The molecule has 1 aromatic carbocycles. The van der Waals surface area contributed by atoms with Crippen molar-refractivity contribution >= 4 is 17.6 Å². The average molecular weight is 295 g/mol. The fourth-order valence-corrected chi connectivity index (χ4v) is 1.63. The van der Waals surface area contributed by atoms with Crippen molar-refractivity contribution in [3.05, 3.63) is 29.8 Å². The van der Waals surface area contributed by atoms with Gasteiger partial charge in [0.15, 0.2) is 0 Å². The molecule has 0 aromatic heterocycles. The van der Waals surface area contributed by atoms with E-state index in [9.17, 15) is 9.59 Å². The van der Waals surface area contributed by atoms with Gasteiger partial charge < -0.3 is 9.47 Å². The van der Waals surface area contributed by atoms with Gasteiger partial charge in [-0.05, 0) is 32.9 Å². The Hall–Kier alpha value is -2.08. The maximum atomic E-state index is 12.2. The van der Waals surface area contributed by atoms with E-state index in [4.69, 9.17) is 9.57 Å². The summed E-state index contributed by atoms with van der Waals surface area (Å²) >= 11 is 0. The van der Waals surface area contributed by atoms with Gasteiger partial charge in [0, 0.05) is 0 Å². The molecule has 0 aliphatic carbocycles. The summed E-state index contributed by atoms with van der Waals surface area (Å²) in [6.45, 7) is 5.23. The zero-order valence-electron chi connectivity index (χ0n) is 13.0. The molecule has 6 nitrogen and oxygen atoms in total. The SMILES string of the molecule is COC(=O)CN(OC)c1ccccc1C(=O)OC(C)(C)C. The molecule has 116 valence electrons. The van der Waals surface area contributed by atoms with Crippen LogP contribution in [0.4, 0.5) is 5.69 Å². The van der Waals surface area contributed by atoms with Crippen LogP contribution in [0.15, 0.2) is 24.3 Å². The molecule has 0 bridgehead atoms. The predicted molar refractivity (Wildman–Crippen MR) is 78.0 cm³/mol. The number of nitrogens with zero attached hydrogens (tertiary/aromatic N) is 1. The van der Waals surface area contributed by atoms with Crippen LogP contribution in [0.25, 0.3) is 0 Å². The number of para-hydroxylation sites is 1. The third-order valence-corrected chi connectivity index (χ3v) is 2.51. The second-order valence-electron chi connectivity index (χ2n) is 5.31. The zero-order valence-corrected chi connectivity index (χ0v) is 13.0. The first-order valence-electron chi connectivity index (χ1n) is 6.49. The van der Waals surface area contributed by atoms with Gasteiger partial charge in [0.1, 0.15) is 12.1 Å². The third kappa shape index (κ3) is 5.07. The van der Waals surface area contributed by atoms with Crippen LogP contribution >= 0.6 is 0 Å². The monoisotopic (exact) mass is 295 g/mol. The Morgan fingerprint density at radius 2 is 1.76 bits per heavy atom. The topological polar surface area (TPSA) is 65.1 Å². The molecule has 0 spiro atoms. The molecule has 0 unspecified atom stereocenters. The van der Waals surface area contributed by atoms with Gasteiger partial charge in [0.25, 0.3) is 0 Å². The van der Waals surface area contributed by atoms with Crippen LogP contribution in [0, 0.1) is 0 Å². The average Bonchev–Trinajstić information content (AvgIpc) is 2.42. The minimum atomic E-state index is -0.607. The van der Waals surface area contributed by atoms with Crippen molar-refractivity contribution in [2.45, 2.75) is 26.4 Å². The van der Waals surface area contributed by atoms with Gasteiger partial charge >= 0.3 is 11.9 Å². The number of carbonyl (C=O) groups excluding carboxylic acids is 2. The molecule has 0 fully saturated rings. The molecule has 6 heteroatoms. The molecule has 0 saturated heterocycles.